The Bertz CT molecular complexity index is 614. The van der Waals surface area contributed by atoms with Gasteiger partial charge >= 0.3 is 5.82 Å². The van der Waals surface area contributed by atoms with Crippen molar-refractivity contribution in [1.29, 1.82) is 0 Å². The van der Waals surface area contributed by atoms with Crippen LogP contribution in [0.25, 0.3) is 11.1 Å². The summed E-state index contributed by atoms with van der Waals surface area (Å²) in [6.45, 7) is 9.49. The molecule has 86 valence electrons. The van der Waals surface area contributed by atoms with Crippen molar-refractivity contribution in [3.8, 4) is 0 Å². The van der Waals surface area contributed by atoms with Gasteiger partial charge in [-0.2, -0.15) is 0 Å². The van der Waals surface area contributed by atoms with Crippen LogP contribution in [-0.4, -0.2) is 0 Å². The van der Waals surface area contributed by atoms with Crippen LogP contribution in [0.2, 0.25) is 0 Å². The number of allylic oxidation sites excluding steroid dienone is 2. The Morgan fingerprint density at radius 1 is 1.06 bits per heavy atom. The molecule has 0 bridgehead atoms. The van der Waals surface area contributed by atoms with Gasteiger partial charge in [-0.3, -0.25) is 0 Å². The van der Waals surface area contributed by atoms with Gasteiger partial charge in [0, 0.05) is 5.57 Å². The maximum atomic E-state index is 11.0. The summed E-state index contributed by atoms with van der Waals surface area (Å²) in [5.41, 5.74) is 2.19. The Kier molecular flexibility index (Phi) is 2.83. The van der Waals surface area contributed by atoms with Crippen LogP contribution in [0.5, 0.6) is 0 Å². The van der Waals surface area contributed by atoms with Crippen LogP contribution in [0, 0.1) is 6.92 Å². The summed E-state index contributed by atoms with van der Waals surface area (Å²) in [5.74, 6) is 0.0421. The molecule has 0 amide bonds. The van der Waals surface area contributed by atoms with Crippen molar-refractivity contribution in [3.63, 3.8) is 0 Å². The monoisotopic (exact) mass is 228 g/mol. The lowest BCUT2D eigenvalue weighted by atomic mass is 9.99. The highest BCUT2D eigenvalue weighted by Crippen LogP contribution is 2.29. The zero-order valence-corrected chi connectivity index (χ0v) is 9.53. The van der Waals surface area contributed by atoms with Gasteiger partial charge in [-0.25, -0.2) is 4.79 Å². The summed E-state index contributed by atoms with van der Waals surface area (Å²) >= 11 is 0. The molecule has 0 atom stereocenters. The lowest BCUT2D eigenvalue weighted by Gasteiger charge is -2.06. The van der Waals surface area contributed by atoms with Gasteiger partial charge in [-0.1, -0.05) is 43.5 Å². The van der Waals surface area contributed by atoms with Gasteiger partial charge in [0.15, 0.2) is 11.5 Å². The molecule has 0 saturated heterocycles. The van der Waals surface area contributed by atoms with E-state index in [1.165, 1.54) is 0 Å². The van der Waals surface area contributed by atoms with Crippen molar-refractivity contribution in [3.05, 3.63) is 71.2 Å². The second kappa shape index (κ2) is 4.29. The first kappa shape index (κ1) is 11.2. The molecular formula is C14H12O3. The Hall–Kier alpha value is -2.29. The van der Waals surface area contributed by atoms with Crippen LogP contribution in [0.4, 0.5) is 0 Å². The molecule has 17 heavy (non-hydrogen) atoms. The lowest BCUT2D eigenvalue weighted by Crippen LogP contribution is -1.89. The third kappa shape index (κ3) is 2.13. The third-order valence-electron chi connectivity index (χ3n) is 2.50. The van der Waals surface area contributed by atoms with E-state index in [-0.39, 0.29) is 0 Å². The first-order valence-electron chi connectivity index (χ1n) is 5.14. The van der Waals surface area contributed by atoms with Crippen LogP contribution in [0.1, 0.15) is 17.1 Å². The summed E-state index contributed by atoms with van der Waals surface area (Å²) < 4.78 is 9.73. The summed E-state index contributed by atoms with van der Waals surface area (Å²) in [5, 5.41) is 0. The van der Waals surface area contributed by atoms with Gasteiger partial charge in [0.05, 0.1) is 0 Å². The van der Waals surface area contributed by atoms with E-state index in [9.17, 15) is 4.79 Å². The molecule has 0 spiro atoms. The molecular weight excluding hydrogens is 216 g/mol. The highest BCUT2D eigenvalue weighted by Gasteiger charge is 2.15. The van der Waals surface area contributed by atoms with Crippen LogP contribution >= 0.6 is 0 Å². The Morgan fingerprint density at radius 3 is 2.24 bits per heavy atom. The predicted octanol–water partition coefficient (Wildman–Crippen LogP) is 3.27. The number of aryl methyl sites for hydroxylation is 1. The molecule has 0 aliphatic rings. The number of hydrogen-bond donors (Lipinski definition) is 0. The summed E-state index contributed by atoms with van der Waals surface area (Å²) in [6.07, 6.45) is 0. The molecule has 3 nitrogen and oxygen atoms in total. The molecule has 0 unspecified atom stereocenters. The van der Waals surface area contributed by atoms with Crippen LogP contribution < -0.4 is 5.82 Å². The van der Waals surface area contributed by atoms with Crippen molar-refractivity contribution >= 4 is 11.1 Å². The maximum Gasteiger partial charge on any atom is 0.519 e. The Labute approximate surface area is 98.7 Å². The topological polar surface area (TPSA) is 43.4 Å². The van der Waals surface area contributed by atoms with Crippen molar-refractivity contribution in [2.45, 2.75) is 6.92 Å². The molecule has 2 aromatic rings. The molecule has 0 aliphatic carbocycles. The number of rotatable bonds is 3. The first-order valence-corrected chi connectivity index (χ1v) is 5.14. The van der Waals surface area contributed by atoms with E-state index in [0.29, 0.717) is 22.7 Å². The zero-order chi connectivity index (χ0) is 12.4. The SMILES string of the molecule is C=C(C(=C)c1oc(=O)oc1C)c1ccccc1. The van der Waals surface area contributed by atoms with Crippen molar-refractivity contribution in [1.82, 2.24) is 0 Å². The maximum absolute atomic E-state index is 11.0. The minimum Gasteiger partial charge on any atom is -0.396 e. The van der Waals surface area contributed by atoms with Crippen LogP contribution in [0.3, 0.4) is 0 Å². The quantitative estimate of drug-likeness (QED) is 0.757. The molecule has 2 rings (SSSR count). The van der Waals surface area contributed by atoms with Crippen molar-refractivity contribution in [2.75, 3.05) is 0 Å². The number of hydrogen-bond acceptors (Lipinski definition) is 3. The fourth-order valence-corrected chi connectivity index (χ4v) is 1.57. The highest BCUT2D eigenvalue weighted by atomic mass is 16.6. The van der Waals surface area contributed by atoms with E-state index in [1.807, 2.05) is 30.3 Å². The smallest absolute Gasteiger partial charge is 0.396 e. The van der Waals surface area contributed by atoms with E-state index in [2.05, 4.69) is 13.2 Å². The first-order chi connectivity index (χ1) is 8.09. The van der Waals surface area contributed by atoms with Gasteiger partial charge in [0.1, 0.15) is 0 Å². The van der Waals surface area contributed by atoms with Gasteiger partial charge < -0.3 is 8.83 Å². The van der Waals surface area contributed by atoms with E-state index >= 15 is 0 Å². The second-order valence-corrected chi connectivity index (χ2v) is 3.66. The van der Waals surface area contributed by atoms with Crippen molar-refractivity contribution < 1.29 is 8.83 Å². The van der Waals surface area contributed by atoms with Gasteiger partial charge in [0.25, 0.3) is 0 Å². The molecule has 1 aromatic carbocycles. The second-order valence-electron chi connectivity index (χ2n) is 3.66. The zero-order valence-electron chi connectivity index (χ0n) is 9.53. The van der Waals surface area contributed by atoms with Gasteiger partial charge in [-0.15, -0.1) is 0 Å². The van der Waals surface area contributed by atoms with E-state index < -0.39 is 5.82 Å². The fraction of sp³-hybridized carbons (Fsp3) is 0.0714. The summed E-state index contributed by atoms with van der Waals surface area (Å²) in [7, 11) is 0. The van der Waals surface area contributed by atoms with Gasteiger partial charge in [-0.05, 0) is 18.1 Å². The predicted molar refractivity (Wildman–Crippen MR) is 66.5 cm³/mol. The summed E-state index contributed by atoms with van der Waals surface area (Å²) in [4.78, 5) is 11.0. The molecule has 0 fully saturated rings. The van der Waals surface area contributed by atoms with Crippen molar-refractivity contribution in [2.24, 2.45) is 0 Å². The minimum absolute atomic E-state index is 0.351. The molecule has 3 heteroatoms. The highest BCUT2D eigenvalue weighted by molar-refractivity contribution is 6.01. The Morgan fingerprint density at radius 2 is 1.71 bits per heavy atom. The molecule has 0 radical (unpaired) electrons. The summed E-state index contributed by atoms with van der Waals surface area (Å²) in [6, 6.07) is 9.57. The average molecular weight is 228 g/mol. The molecule has 0 saturated carbocycles. The van der Waals surface area contributed by atoms with Crippen LogP contribution in [-0.2, 0) is 0 Å². The molecule has 1 heterocycles. The standard InChI is InChI=1S/C14H12O3/c1-9(12-7-5-4-6-8-12)10(2)13-11(3)16-14(15)17-13/h4-8H,1-2H2,3H3. The van der Waals surface area contributed by atoms with E-state index in [1.54, 1.807) is 6.92 Å². The minimum atomic E-state index is -0.723. The van der Waals surface area contributed by atoms with E-state index in [0.717, 1.165) is 5.56 Å². The Balaban J connectivity index is 2.37. The molecule has 0 aliphatic heterocycles. The normalized spacial score (nSPS) is 10.2. The lowest BCUT2D eigenvalue weighted by molar-refractivity contribution is 0.376. The fourth-order valence-electron chi connectivity index (χ4n) is 1.57. The largest absolute Gasteiger partial charge is 0.519 e. The molecule has 1 aromatic heterocycles. The van der Waals surface area contributed by atoms with Crippen LogP contribution in [0.15, 0.2) is 57.1 Å². The average Bonchev–Trinajstić information content (AvgIpc) is 2.68. The van der Waals surface area contributed by atoms with Gasteiger partial charge in [0.2, 0.25) is 0 Å². The molecule has 0 N–H and O–H groups in total. The third-order valence-corrected chi connectivity index (χ3v) is 2.50. The number of benzene rings is 1. The van der Waals surface area contributed by atoms with E-state index in [4.69, 9.17) is 8.83 Å².